The summed E-state index contributed by atoms with van der Waals surface area (Å²) in [7, 11) is 0. The normalized spacial score (nSPS) is 14.7. The van der Waals surface area contributed by atoms with Crippen molar-refractivity contribution in [3.63, 3.8) is 0 Å². The molecule has 0 fully saturated rings. The first-order valence-corrected chi connectivity index (χ1v) is 15.1. The molecule has 47 heavy (non-hydrogen) atoms. The molecule has 1 aliphatic heterocycles. The summed E-state index contributed by atoms with van der Waals surface area (Å²) in [5.41, 5.74) is 9.81. The van der Waals surface area contributed by atoms with Crippen LogP contribution in [0, 0.1) is 0 Å². The number of esters is 1. The van der Waals surface area contributed by atoms with E-state index in [4.69, 9.17) is 15.2 Å². The van der Waals surface area contributed by atoms with Crippen molar-refractivity contribution < 1.29 is 32.2 Å². The molecule has 6 nitrogen and oxygen atoms in total. The van der Waals surface area contributed by atoms with E-state index in [1.807, 2.05) is 59.5 Å². The van der Waals surface area contributed by atoms with Gasteiger partial charge in [0.15, 0.2) is 0 Å². The molecule has 1 aliphatic rings. The summed E-state index contributed by atoms with van der Waals surface area (Å²) in [4.78, 5) is 28.1. The number of nitrogens with zero attached hydrogens (tertiary/aromatic N) is 1. The molecule has 0 saturated heterocycles. The Bertz CT molecular complexity index is 1890. The van der Waals surface area contributed by atoms with Gasteiger partial charge in [0.05, 0.1) is 11.1 Å². The van der Waals surface area contributed by atoms with Crippen molar-refractivity contribution in [2.45, 2.75) is 31.8 Å². The molecule has 0 aliphatic carbocycles. The third-order valence-electron chi connectivity index (χ3n) is 8.18. The van der Waals surface area contributed by atoms with Crippen LogP contribution in [0.4, 0.5) is 13.2 Å². The van der Waals surface area contributed by atoms with Gasteiger partial charge in [-0.25, -0.2) is 4.79 Å². The van der Waals surface area contributed by atoms with Gasteiger partial charge in [0.2, 0.25) is 5.91 Å². The Balaban J connectivity index is 1.19. The number of ether oxygens (including phenoxy) is 2. The van der Waals surface area contributed by atoms with Crippen LogP contribution in [0.15, 0.2) is 121 Å². The average molecular weight is 637 g/mol. The van der Waals surface area contributed by atoms with Gasteiger partial charge in [-0.3, -0.25) is 9.69 Å². The van der Waals surface area contributed by atoms with Gasteiger partial charge in [0.1, 0.15) is 24.1 Å². The van der Waals surface area contributed by atoms with Crippen LogP contribution in [0.5, 0.6) is 11.5 Å². The number of benzene rings is 5. The highest BCUT2D eigenvalue weighted by Crippen LogP contribution is 2.36. The maximum Gasteiger partial charge on any atom is 0.416 e. The predicted molar refractivity (Wildman–Crippen MR) is 172 cm³/mol. The number of rotatable bonds is 9. The van der Waals surface area contributed by atoms with Crippen LogP contribution in [0.3, 0.4) is 0 Å². The summed E-state index contributed by atoms with van der Waals surface area (Å²) in [5.74, 6) is -0.142. The van der Waals surface area contributed by atoms with Crippen molar-refractivity contribution in [2.75, 3.05) is 6.54 Å². The van der Waals surface area contributed by atoms with Crippen LogP contribution in [0.25, 0.3) is 11.1 Å². The Kier molecular flexibility index (Phi) is 9.08. The van der Waals surface area contributed by atoms with Gasteiger partial charge in [-0.1, -0.05) is 84.9 Å². The zero-order chi connectivity index (χ0) is 33.0. The van der Waals surface area contributed by atoms with E-state index in [1.54, 1.807) is 42.5 Å². The minimum Gasteiger partial charge on any atom is -0.489 e. The van der Waals surface area contributed by atoms with E-state index in [0.717, 1.165) is 40.1 Å². The third kappa shape index (κ3) is 7.21. The number of nitrogens with two attached hydrogens (primary N) is 1. The summed E-state index contributed by atoms with van der Waals surface area (Å²) >= 11 is 0. The van der Waals surface area contributed by atoms with Crippen molar-refractivity contribution in [1.29, 1.82) is 0 Å². The molecular weight excluding hydrogens is 605 g/mol. The fourth-order valence-electron chi connectivity index (χ4n) is 5.87. The Morgan fingerprint density at radius 1 is 0.830 bits per heavy atom. The Morgan fingerprint density at radius 3 is 2.28 bits per heavy atom. The fourth-order valence-corrected chi connectivity index (χ4v) is 5.87. The van der Waals surface area contributed by atoms with Gasteiger partial charge in [-0.05, 0) is 70.6 Å². The maximum atomic E-state index is 13.3. The van der Waals surface area contributed by atoms with Gasteiger partial charge < -0.3 is 15.2 Å². The average Bonchev–Trinajstić information content (AvgIpc) is 3.08. The Hall–Kier alpha value is -5.41. The largest absolute Gasteiger partial charge is 0.489 e. The number of carbonyl (C=O) groups excluding carboxylic acids is 2. The summed E-state index contributed by atoms with van der Waals surface area (Å²) in [6.45, 7) is 1.38. The number of halogens is 3. The second kappa shape index (κ2) is 13.5. The molecule has 0 spiro atoms. The fraction of sp³-hybridized carbons (Fsp3) is 0.158. The molecule has 5 aromatic rings. The summed E-state index contributed by atoms with van der Waals surface area (Å²) in [5, 5.41) is 0. The van der Waals surface area contributed by atoms with E-state index < -0.39 is 29.7 Å². The minimum atomic E-state index is -4.46. The van der Waals surface area contributed by atoms with E-state index in [1.165, 1.54) is 12.1 Å². The lowest BCUT2D eigenvalue weighted by Gasteiger charge is -2.36. The SMILES string of the molecule is NC(=O)C1c2ccc(OC(=O)c3ccccc3-c3ccc(C(F)(F)F)cc3)cc2CCN1Cc1ccccc1OCc1ccccc1. The zero-order valence-corrected chi connectivity index (χ0v) is 25.2. The molecule has 2 N–H and O–H groups in total. The van der Waals surface area contributed by atoms with Crippen LogP contribution < -0.4 is 15.2 Å². The third-order valence-corrected chi connectivity index (χ3v) is 8.18. The highest BCUT2D eigenvalue weighted by atomic mass is 19.4. The lowest BCUT2D eigenvalue weighted by molar-refractivity contribution is -0.137. The Labute approximate surface area is 270 Å². The highest BCUT2D eigenvalue weighted by molar-refractivity contribution is 5.98. The molecule has 5 aromatic carbocycles. The first-order chi connectivity index (χ1) is 22.7. The van der Waals surface area contributed by atoms with Crippen LogP contribution in [0.2, 0.25) is 0 Å². The smallest absolute Gasteiger partial charge is 0.416 e. The van der Waals surface area contributed by atoms with Crippen molar-refractivity contribution >= 4 is 11.9 Å². The standard InChI is InChI=1S/C38H31F3N2O4/c39-38(40,41)29-16-14-26(15-17-29)31-11-5-6-12-33(31)37(45)47-30-18-19-32-27(22-30)20-21-43(35(32)36(42)44)23-28-10-4-7-13-34(28)46-24-25-8-2-1-3-9-25/h1-19,22,35H,20-21,23-24H2,(H2,42,44). The van der Waals surface area contributed by atoms with E-state index in [-0.39, 0.29) is 11.3 Å². The molecule has 0 radical (unpaired) electrons. The van der Waals surface area contributed by atoms with Crippen LogP contribution >= 0.6 is 0 Å². The van der Waals surface area contributed by atoms with Crippen LogP contribution in [-0.2, 0) is 30.5 Å². The number of amides is 1. The number of fused-ring (bicyclic) bond motifs is 1. The molecule has 6 rings (SSSR count). The lowest BCUT2D eigenvalue weighted by Crippen LogP contribution is -2.42. The number of carbonyl (C=O) groups is 2. The molecule has 0 aromatic heterocycles. The molecule has 1 amide bonds. The first-order valence-electron chi connectivity index (χ1n) is 15.1. The number of alkyl halides is 3. The number of primary amides is 1. The number of hydrogen-bond donors (Lipinski definition) is 1. The summed E-state index contributed by atoms with van der Waals surface area (Å²) in [6, 6.07) is 33.2. The molecule has 1 atom stereocenters. The molecule has 1 heterocycles. The topological polar surface area (TPSA) is 81.9 Å². The van der Waals surface area contributed by atoms with Gasteiger partial charge >= 0.3 is 12.1 Å². The van der Waals surface area contributed by atoms with E-state index in [9.17, 15) is 22.8 Å². The van der Waals surface area contributed by atoms with E-state index >= 15 is 0 Å². The zero-order valence-electron chi connectivity index (χ0n) is 25.2. The van der Waals surface area contributed by atoms with Crippen LogP contribution in [-0.4, -0.2) is 23.3 Å². The van der Waals surface area contributed by atoms with E-state index in [2.05, 4.69) is 0 Å². The van der Waals surface area contributed by atoms with Crippen molar-refractivity contribution in [3.8, 4) is 22.6 Å². The molecule has 0 bridgehead atoms. The Morgan fingerprint density at radius 2 is 1.53 bits per heavy atom. The summed E-state index contributed by atoms with van der Waals surface area (Å²) in [6.07, 6.45) is -3.88. The first kappa shape index (κ1) is 31.6. The second-order valence-corrected chi connectivity index (χ2v) is 11.3. The monoisotopic (exact) mass is 636 g/mol. The number of hydrogen-bond acceptors (Lipinski definition) is 5. The van der Waals surface area contributed by atoms with Gasteiger partial charge in [0, 0.05) is 18.7 Å². The van der Waals surface area contributed by atoms with Gasteiger partial charge in [-0.2, -0.15) is 13.2 Å². The van der Waals surface area contributed by atoms with Crippen molar-refractivity contribution in [1.82, 2.24) is 4.90 Å². The molecule has 0 saturated carbocycles. The highest BCUT2D eigenvalue weighted by Gasteiger charge is 2.33. The molecule has 238 valence electrons. The lowest BCUT2D eigenvalue weighted by atomic mass is 9.91. The quantitative estimate of drug-likeness (QED) is 0.132. The minimum absolute atomic E-state index is 0.208. The van der Waals surface area contributed by atoms with Gasteiger partial charge in [-0.15, -0.1) is 0 Å². The maximum absolute atomic E-state index is 13.3. The predicted octanol–water partition coefficient (Wildman–Crippen LogP) is 7.76. The van der Waals surface area contributed by atoms with Crippen molar-refractivity contribution in [3.05, 3.63) is 155 Å². The molecule has 1 unspecified atom stereocenters. The number of para-hydroxylation sites is 1. The second-order valence-electron chi connectivity index (χ2n) is 11.3. The van der Waals surface area contributed by atoms with E-state index in [0.29, 0.717) is 37.2 Å². The molecule has 9 heteroatoms. The van der Waals surface area contributed by atoms with Crippen molar-refractivity contribution in [2.24, 2.45) is 5.73 Å². The molecular formula is C38H31F3N2O4. The summed E-state index contributed by atoms with van der Waals surface area (Å²) < 4.78 is 51.1. The van der Waals surface area contributed by atoms with Crippen LogP contribution in [0.1, 0.15) is 44.2 Å². The van der Waals surface area contributed by atoms with Gasteiger partial charge in [0.25, 0.3) is 0 Å².